The van der Waals surface area contributed by atoms with Gasteiger partial charge in [0.05, 0.1) is 6.42 Å². The van der Waals surface area contributed by atoms with Crippen LogP contribution in [0.3, 0.4) is 0 Å². The number of carboxylic acid groups (broad SMARTS) is 1. The third kappa shape index (κ3) is 5.31. The summed E-state index contributed by atoms with van der Waals surface area (Å²) in [4.78, 5) is 24.4. The molecule has 0 fully saturated rings. The van der Waals surface area contributed by atoms with E-state index in [0.717, 1.165) is 13.0 Å². The van der Waals surface area contributed by atoms with Crippen molar-refractivity contribution in [2.24, 2.45) is 0 Å². The molecule has 1 heterocycles. The summed E-state index contributed by atoms with van der Waals surface area (Å²) in [5, 5.41) is 22.2. The molecule has 0 radical (unpaired) electrons. The average molecular weight is 284 g/mol. The molecule has 9 heteroatoms. The van der Waals surface area contributed by atoms with E-state index in [1.54, 1.807) is 4.68 Å². The Bertz CT molecular complexity index is 459. The molecule has 0 saturated heterocycles. The quantitative estimate of drug-likeness (QED) is 0.613. The van der Waals surface area contributed by atoms with Crippen LogP contribution in [0, 0.1) is 0 Å². The topological polar surface area (TPSA) is 113 Å². The van der Waals surface area contributed by atoms with Crippen LogP contribution >= 0.6 is 0 Å². The number of nitrogens with one attached hydrogen (secondary N) is 1. The molecular formula is C11H20N6O3. The van der Waals surface area contributed by atoms with Crippen LogP contribution in [-0.4, -0.2) is 68.8 Å². The third-order valence-electron chi connectivity index (χ3n) is 2.65. The maximum atomic E-state index is 11.7. The molecule has 2 N–H and O–H groups in total. The molecule has 0 spiro atoms. The van der Waals surface area contributed by atoms with E-state index in [9.17, 15) is 9.59 Å². The minimum Gasteiger partial charge on any atom is -0.480 e. The second-order valence-corrected chi connectivity index (χ2v) is 4.78. The Morgan fingerprint density at radius 1 is 1.45 bits per heavy atom. The largest absolute Gasteiger partial charge is 0.480 e. The molecule has 9 nitrogen and oxygen atoms in total. The summed E-state index contributed by atoms with van der Waals surface area (Å²) in [6.07, 6.45) is 0.824. The van der Waals surface area contributed by atoms with E-state index >= 15 is 0 Å². The third-order valence-corrected chi connectivity index (χ3v) is 2.65. The smallest absolute Gasteiger partial charge is 0.325 e. The molecular weight excluding hydrogens is 264 g/mol. The van der Waals surface area contributed by atoms with Crippen molar-refractivity contribution in [2.75, 3.05) is 20.6 Å². The summed E-state index contributed by atoms with van der Waals surface area (Å²) in [5.41, 5.74) is 0. The van der Waals surface area contributed by atoms with Crippen molar-refractivity contribution in [1.82, 2.24) is 30.4 Å². The van der Waals surface area contributed by atoms with Crippen LogP contribution in [0.2, 0.25) is 0 Å². The van der Waals surface area contributed by atoms with Crippen molar-refractivity contribution >= 4 is 11.9 Å². The number of carbonyl (C=O) groups is 2. The first-order chi connectivity index (χ1) is 9.40. The van der Waals surface area contributed by atoms with Gasteiger partial charge in [0, 0.05) is 6.54 Å². The number of aryl methyl sites for hydroxylation is 1. The fraction of sp³-hybridized carbons (Fsp3) is 0.727. The first-order valence-corrected chi connectivity index (χ1v) is 6.32. The summed E-state index contributed by atoms with van der Waals surface area (Å²) in [5.74, 6) is -1.06. The van der Waals surface area contributed by atoms with Crippen molar-refractivity contribution in [2.45, 2.75) is 32.4 Å². The maximum absolute atomic E-state index is 11.7. The number of hydrogen-bond acceptors (Lipinski definition) is 6. The van der Waals surface area contributed by atoms with Crippen LogP contribution in [0.25, 0.3) is 0 Å². The van der Waals surface area contributed by atoms with Crippen LogP contribution in [-0.2, 0) is 22.6 Å². The number of carbonyl (C=O) groups excluding carboxylic acids is 1. The molecule has 0 aliphatic heterocycles. The van der Waals surface area contributed by atoms with E-state index in [1.165, 1.54) is 6.92 Å². The molecule has 1 aromatic heterocycles. The number of amides is 1. The molecule has 1 rings (SSSR count). The van der Waals surface area contributed by atoms with Crippen LogP contribution in [0.4, 0.5) is 0 Å². The van der Waals surface area contributed by atoms with Gasteiger partial charge in [-0.2, -0.15) is 0 Å². The Labute approximate surface area is 116 Å². The molecule has 1 amide bonds. The van der Waals surface area contributed by atoms with Gasteiger partial charge in [0.2, 0.25) is 5.91 Å². The lowest BCUT2D eigenvalue weighted by Gasteiger charge is -2.10. The van der Waals surface area contributed by atoms with Crippen molar-refractivity contribution in [3.05, 3.63) is 5.82 Å². The molecule has 1 unspecified atom stereocenters. The molecule has 112 valence electrons. The summed E-state index contributed by atoms with van der Waals surface area (Å²) >= 11 is 0. The number of nitrogens with zero attached hydrogens (tertiary/aromatic N) is 5. The normalized spacial score (nSPS) is 12.4. The highest BCUT2D eigenvalue weighted by Gasteiger charge is 2.16. The van der Waals surface area contributed by atoms with E-state index in [1.807, 2.05) is 19.0 Å². The van der Waals surface area contributed by atoms with E-state index in [0.29, 0.717) is 12.4 Å². The molecule has 1 atom stereocenters. The molecule has 0 aliphatic rings. The second kappa shape index (κ2) is 7.53. The van der Waals surface area contributed by atoms with E-state index < -0.39 is 17.9 Å². The van der Waals surface area contributed by atoms with Crippen molar-refractivity contribution in [3.8, 4) is 0 Å². The van der Waals surface area contributed by atoms with Crippen LogP contribution in [0.1, 0.15) is 19.2 Å². The predicted octanol–water partition coefficient (Wildman–Crippen LogP) is -1.24. The second-order valence-electron chi connectivity index (χ2n) is 4.78. The van der Waals surface area contributed by atoms with Crippen LogP contribution in [0.5, 0.6) is 0 Å². The zero-order valence-corrected chi connectivity index (χ0v) is 11.9. The standard InChI is InChI=1S/C11H20N6O3/c1-8(11(19)20)12-10(18)7-9-13-14-15-17(9)6-4-5-16(2)3/h8H,4-7H2,1-3H3,(H,12,18)(H,19,20). The molecule has 0 saturated carbocycles. The van der Waals surface area contributed by atoms with Crippen molar-refractivity contribution in [1.29, 1.82) is 0 Å². The molecule has 20 heavy (non-hydrogen) atoms. The van der Waals surface area contributed by atoms with E-state index in [2.05, 4.69) is 20.8 Å². The monoisotopic (exact) mass is 284 g/mol. The van der Waals surface area contributed by atoms with Gasteiger partial charge in [0.1, 0.15) is 6.04 Å². The van der Waals surface area contributed by atoms with Crippen molar-refractivity contribution in [3.63, 3.8) is 0 Å². The molecule has 0 aromatic carbocycles. The minimum atomic E-state index is -1.08. The van der Waals surface area contributed by atoms with E-state index in [-0.39, 0.29) is 6.42 Å². The Morgan fingerprint density at radius 3 is 2.75 bits per heavy atom. The molecule has 0 aliphatic carbocycles. The lowest BCUT2D eigenvalue weighted by Crippen LogP contribution is -2.39. The van der Waals surface area contributed by atoms with Gasteiger partial charge >= 0.3 is 5.97 Å². The van der Waals surface area contributed by atoms with Crippen LogP contribution in [0.15, 0.2) is 0 Å². The SMILES string of the molecule is CC(NC(=O)Cc1nnnn1CCCN(C)C)C(=O)O. The first-order valence-electron chi connectivity index (χ1n) is 6.32. The maximum Gasteiger partial charge on any atom is 0.325 e. The fourth-order valence-corrected chi connectivity index (χ4v) is 1.56. The molecule has 1 aromatic rings. The Balaban J connectivity index is 2.49. The van der Waals surface area contributed by atoms with Gasteiger partial charge in [0.15, 0.2) is 5.82 Å². The zero-order chi connectivity index (χ0) is 15.1. The number of hydrogen-bond donors (Lipinski definition) is 2. The average Bonchev–Trinajstić information content (AvgIpc) is 2.75. The first kappa shape index (κ1) is 16.0. The lowest BCUT2D eigenvalue weighted by molar-refractivity contribution is -0.141. The van der Waals surface area contributed by atoms with Crippen LogP contribution < -0.4 is 5.32 Å². The van der Waals surface area contributed by atoms with E-state index in [4.69, 9.17) is 5.11 Å². The Kier molecular flexibility index (Phi) is 6.04. The minimum absolute atomic E-state index is 0.0351. The van der Waals surface area contributed by atoms with Gasteiger partial charge in [-0.25, -0.2) is 4.68 Å². The summed E-state index contributed by atoms with van der Waals surface area (Å²) < 4.78 is 1.56. The van der Waals surface area contributed by atoms with Gasteiger partial charge in [-0.3, -0.25) is 9.59 Å². The number of tetrazole rings is 1. The highest BCUT2D eigenvalue weighted by atomic mass is 16.4. The highest BCUT2D eigenvalue weighted by Crippen LogP contribution is 1.97. The number of aliphatic carboxylic acids is 1. The summed E-state index contributed by atoms with van der Waals surface area (Å²) in [6.45, 7) is 2.91. The number of aromatic nitrogens is 4. The Hall–Kier alpha value is -2.03. The summed E-state index contributed by atoms with van der Waals surface area (Å²) in [6, 6.07) is -0.930. The van der Waals surface area contributed by atoms with Gasteiger partial charge in [0.25, 0.3) is 0 Å². The number of carboxylic acids is 1. The van der Waals surface area contributed by atoms with Gasteiger partial charge in [-0.1, -0.05) is 0 Å². The highest BCUT2D eigenvalue weighted by molar-refractivity contribution is 5.84. The van der Waals surface area contributed by atoms with Gasteiger partial charge in [-0.05, 0) is 44.4 Å². The Morgan fingerprint density at radius 2 is 2.15 bits per heavy atom. The van der Waals surface area contributed by atoms with Gasteiger partial charge in [-0.15, -0.1) is 5.10 Å². The lowest BCUT2D eigenvalue weighted by atomic mass is 10.3. The van der Waals surface area contributed by atoms with Crippen molar-refractivity contribution < 1.29 is 14.7 Å². The van der Waals surface area contributed by atoms with Gasteiger partial charge < -0.3 is 15.3 Å². The molecule has 0 bridgehead atoms. The predicted molar refractivity (Wildman–Crippen MR) is 69.9 cm³/mol. The fourth-order valence-electron chi connectivity index (χ4n) is 1.56. The number of rotatable bonds is 8. The zero-order valence-electron chi connectivity index (χ0n) is 11.9. The summed E-state index contributed by atoms with van der Waals surface area (Å²) in [7, 11) is 3.95.